The second kappa shape index (κ2) is 13.1. The van der Waals surface area contributed by atoms with Crippen molar-refractivity contribution in [1.29, 1.82) is 0 Å². The van der Waals surface area contributed by atoms with Gasteiger partial charge < -0.3 is 0 Å². The van der Waals surface area contributed by atoms with Crippen LogP contribution in [0.4, 0.5) is 0 Å². The molecule has 202 valence electrons. The second-order valence-electron chi connectivity index (χ2n) is 12.3. The van der Waals surface area contributed by atoms with Crippen LogP contribution >= 0.6 is 0 Å². The number of carbonyl (C=O) groups excluding carboxylic acids is 1. The predicted molar refractivity (Wildman–Crippen MR) is 156 cm³/mol. The summed E-state index contributed by atoms with van der Waals surface area (Å²) in [6.07, 6.45) is 14.8. The van der Waals surface area contributed by atoms with Crippen molar-refractivity contribution in [3.05, 3.63) is 46.7 Å². The molecule has 4 heteroatoms. The maximum Gasteiger partial charge on any atom is 0.133 e. The number of carbonyl (C=O) groups is 1. The van der Waals surface area contributed by atoms with Gasteiger partial charge in [0, 0.05) is 62.6 Å². The summed E-state index contributed by atoms with van der Waals surface area (Å²) in [5.74, 6) is 2.33. The first-order chi connectivity index (χ1) is 17.9. The lowest BCUT2D eigenvalue weighted by Crippen LogP contribution is -2.32. The van der Waals surface area contributed by atoms with Crippen LogP contribution in [0, 0.1) is 23.7 Å². The monoisotopic (exact) mass is 503 g/mol. The largest absolute Gasteiger partial charge is 0.300 e. The molecule has 2 heterocycles. The molecule has 4 nitrogen and oxygen atoms in total. The van der Waals surface area contributed by atoms with Crippen LogP contribution in [0.3, 0.4) is 0 Å². The number of rotatable bonds is 9. The van der Waals surface area contributed by atoms with Crippen molar-refractivity contribution >= 4 is 18.2 Å². The molecule has 0 spiro atoms. The van der Waals surface area contributed by atoms with Gasteiger partial charge in [0.15, 0.2) is 0 Å². The quantitative estimate of drug-likeness (QED) is 0.328. The Labute approximate surface area is 225 Å². The summed E-state index contributed by atoms with van der Waals surface area (Å²) in [5, 5.41) is 0. The maximum absolute atomic E-state index is 13.2. The van der Waals surface area contributed by atoms with E-state index in [1.807, 2.05) is 13.3 Å². The average Bonchev–Trinajstić information content (AvgIpc) is 3.11. The zero-order valence-corrected chi connectivity index (χ0v) is 24.0. The van der Waals surface area contributed by atoms with Crippen molar-refractivity contribution < 1.29 is 4.79 Å². The summed E-state index contributed by atoms with van der Waals surface area (Å²) in [5.41, 5.74) is 5.32. The van der Waals surface area contributed by atoms with Crippen molar-refractivity contribution in [1.82, 2.24) is 4.90 Å². The molecule has 0 N–H and O–H groups in total. The molecule has 5 unspecified atom stereocenters. The maximum atomic E-state index is 13.2. The van der Waals surface area contributed by atoms with Gasteiger partial charge in [-0.2, -0.15) is 0 Å². The number of aryl methyl sites for hydroxylation is 1. The number of hydrogen-bond donors (Lipinski definition) is 0. The van der Waals surface area contributed by atoms with Crippen molar-refractivity contribution in [2.75, 3.05) is 7.05 Å². The Morgan fingerprint density at radius 1 is 1.03 bits per heavy atom. The Morgan fingerprint density at radius 3 is 2.49 bits per heavy atom. The summed E-state index contributed by atoms with van der Waals surface area (Å²) < 4.78 is 0. The predicted octanol–water partition coefficient (Wildman–Crippen LogP) is 7.46. The zero-order chi connectivity index (χ0) is 26.4. The Hall–Kier alpha value is -2.07. The SMILES string of the molecule is CN=CC1=C(C2CCC[C@@H](CC(=O)CCc3ccccc3CN3C(C)CCC3C)C2)N=CC(C)CC1C. The highest BCUT2D eigenvalue weighted by Crippen LogP contribution is 2.40. The van der Waals surface area contributed by atoms with Crippen molar-refractivity contribution in [2.45, 2.75) is 111 Å². The van der Waals surface area contributed by atoms with E-state index < -0.39 is 0 Å². The molecule has 1 aliphatic carbocycles. The lowest BCUT2D eigenvalue weighted by Gasteiger charge is -2.30. The number of allylic oxidation sites excluding steroid dienone is 2. The first-order valence-corrected chi connectivity index (χ1v) is 14.9. The van der Waals surface area contributed by atoms with Crippen LogP contribution in [0.2, 0.25) is 0 Å². The highest BCUT2D eigenvalue weighted by atomic mass is 16.1. The third-order valence-electron chi connectivity index (χ3n) is 9.25. The molecule has 3 aliphatic rings. The Bertz CT molecular complexity index is 999. The fraction of sp³-hybridized carbons (Fsp3) is 0.667. The molecule has 0 amide bonds. The van der Waals surface area contributed by atoms with E-state index in [2.05, 4.69) is 68.1 Å². The number of benzene rings is 1. The molecular formula is C33H49N3O. The average molecular weight is 504 g/mol. The van der Waals surface area contributed by atoms with Gasteiger partial charge in [-0.3, -0.25) is 19.7 Å². The molecule has 6 atom stereocenters. The highest BCUT2D eigenvalue weighted by Gasteiger charge is 2.30. The summed E-state index contributed by atoms with van der Waals surface area (Å²) in [6.45, 7) is 10.3. The molecule has 1 aromatic carbocycles. The van der Waals surface area contributed by atoms with Gasteiger partial charge in [-0.1, -0.05) is 44.5 Å². The van der Waals surface area contributed by atoms with E-state index in [0.29, 0.717) is 48.0 Å². The van der Waals surface area contributed by atoms with E-state index in [4.69, 9.17) is 4.99 Å². The number of ketones is 1. The van der Waals surface area contributed by atoms with Crippen LogP contribution in [-0.4, -0.2) is 42.2 Å². The molecule has 1 saturated carbocycles. The van der Waals surface area contributed by atoms with Crippen LogP contribution in [0.5, 0.6) is 0 Å². The van der Waals surface area contributed by atoms with E-state index in [1.165, 1.54) is 54.5 Å². The number of Topliss-reactive ketones (excluding diaryl/α,β-unsaturated/α-hetero) is 1. The van der Waals surface area contributed by atoms with Crippen LogP contribution in [0.1, 0.15) is 96.6 Å². The van der Waals surface area contributed by atoms with E-state index in [0.717, 1.165) is 32.2 Å². The molecule has 37 heavy (non-hydrogen) atoms. The van der Waals surface area contributed by atoms with Crippen molar-refractivity contribution in [2.24, 2.45) is 33.7 Å². The fourth-order valence-corrected chi connectivity index (χ4v) is 7.09. The van der Waals surface area contributed by atoms with Gasteiger partial charge in [0.25, 0.3) is 0 Å². The summed E-state index contributed by atoms with van der Waals surface area (Å²) in [4.78, 5) is 25.2. The van der Waals surface area contributed by atoms with E-state index in [9.17, 15) is 4.79 Å². The summed E-state index contributed by atoms with van der Waals surface area (Å²) in [7, 11) is 1.86. The number of likely N-dealkylation sites (tertiary alicyclic amines) is 1. The van der Waals surface area contributed by atoms with Gasteiger partial charge in [0.1, 0.15) is 5.78 Å². The highest BCUT2D eigenvalue weighted by molar-refractivity contribution is 5.82. The minimum atomic E-state index is 0.430. The zero-order valence-electron chi connectivity index (χ0n) is 24.0. The van der Waals surface area contributed by atoms with Crippen molar-refractivity contribution in [3.8, 4) is 0 Å². The van der Waals surface area contributed by atoms with Gasteiger partial charge in [-0.25, -0.2) is 0 Å². The topological polar surface area (TPSA) is 45.0 Å². The normalized spacial score (nSPS) is 31.3. The molecule has 2 fully saturated rings. The molecule has 0 bridgehead atoms. The first kappa shape index (κ1) is 28.0. The number of aliphatic imine (C=N–C) groups is 2. The second-order valence-corrected chi connectivity index (χ2v) is 12.3. The smallest absolute Gasteiger partial charge is 0.133 e. The molecule has 4 rings (SSSR count). The summed E-state index contributed by atoms with van der Waals surface area (Å²) >= 11 is 0. The van der Waals surface area contributed by atoms with Gasteiger partial charge in [0.2, 0.25) is 0 Å². The molecular weight excluding hydrogens is 454 g/mol. The van der Waals surface area contributed by atoms with Crippen LogP contribution in [0.25, 0.3) is 0 Å². The summed E-state index contributed by atoms with van der Waals surface area (Å²) in [6, 6.07) is 10.1. The van der Waals surface area contributed by atoms with Gasteiger partial charge in [-0.15, -0.1) is 0 Å². The van der Waals surface area contributed by atoms with Crippen LogP contribution in [0.15, 0.2) is 45.5 Å². The third kappa shape index (κ3) is 7.28. The lowest BCUT2D eigenvalue weighted by atomic mass is 9.76. The number of nitrogens with zero attached hydrogens (tertiary/aromatic N) is 3. The molecule has 1 saturated heterocycles. The molecule has 0 radical (unpaired) electrons. The van der Waals surface area contributed by atoms with Crippen molar-refractivity contribution in [3.63, 3.8) is 0 Å². The number of hydrogen-bond acceptors (Lipinski definition) is 4. The molecule has 0 aromatic heterocycles. The van der Waals surface area contributed by atoms with Crippen LogP contribution < -0.4 is 0 Å². The van der Waals surface area contributed by atoms with Gasteiger partial charge in [0.05, 0.1) is 0 Å². The molecule has 2 aliphatic heterocycles. The Kier molecular flexibility index (Phi) is 9.92. The standard InChI is InChI=1S/C33H49N3O/c1-23-17-24(2)32(21-34-5)33(35-20-23)29-12-8-9-27(18-29)19-31(37)16-15-28-10-6-7-11-30(28)22-36-25(3)13-14-26(36)4/h6-7,10-11,20-21,23-27,29H,8-9,12-19,22H2,1-5H3/t23?,24?,25?,26?,27-,29?/m1/s1. The minimum absolute atomic E-state index is 0.430. The Balaban J connectivity index is 1.36. The van der Waals surface area contributed by atoms with Crippen LogP contribution in [-0.2, 0) is 17.8 Å². The fourth-order valence-electron chi connectivity index (χ4n) is 7.09. The first-order valence-electron chi connectivity index (χ1n) is 14.9. The Morgan fingerprint density at radius 2 is 1.76 bits per heavy atom. The lowest BCUT2D eigenvalue weighted by molar-refractivity contribution is -0.120. The van der Waals surface area contributed by atoms with E-state index >= 15 is 0 Å². The third-order valence-corrected chi connectivity index (χ3v) is 9.25. The van der Waals surface area contributed by atoms with Gasteiger partial charge in [-0.05, 0) is 93.2 Å². The van der Waals surface area contributed by atoms with E-state index in [1.54, 1.807) is 0 Å². The van der Waals surface area contributed by atoms with E-state index in [-0.39, 0.29) is 0 Å². The van der Waals surface area contributed by atoms with Gasteiger partial charge >= 0.3 is 0 Å². The minimum Gasteiger partial charge on any atom is -0.300 e. The molecule has 1 aromatic rings.